The maximum absolute atomic E-state index is 11.8. The molecule has 5 nitrogen and oxygen atoms in total. The van der Waals surface area contributed by atoms with Gasteiger partial charge in [0.15, 0.2) is 0 Å². The van der Waals surface area contributed by atoms with Crippen LogP contribution in [0.2, 0.25) is 0 Å². The van der Waals surface area contributed by atoms with Gasteiger partial charge in [0.05, 0.1) is 30.7 Å². The molecule has 1 aromatic heterocycles. The Hall–Kier alpha value is -2.14. The van der Waals surface area contributed by atoms with Crippen molar-refractivity contribution < 1.29 is 14.6 Å². The van der Waals surface area contributed by atoms with Crippen LogP contribution in [0.5, 0.6) is 0 Å². The molecule has 112 valence electrons. The van der Waals surface area contributed by atoms with Crippen molar-refractivity contribution in [1.82, 2.24) is 9.97 Å². The Morgan fingerprint density at radius 1 is 1.29 bits per heavy atom. The van der Waals surface area contributed by atoms with Gasteiger partial charge in [-0.2, -0.15) is 0 Å². The second-order valence-electron chi connectivity index (χ2n) is 5.09. The Morgan fingerprint density at radius 2 is 2.00 bits per heavy atom. The minimum Gasteiger partial charge on any atom is -0.465 e. The molecule has 0 aliphatic carbocycles. The molecule has 0 radical (unpaired) electrons. The summed E-state index contributed by atoms with van der Waals surface area (Å²) in [6.07, 6.45) is 0.482. The number of imidazole rings is 1. The van der Waals surface area contributed by atoms with E-state index < -0.39 is 0 Å². The van der Waals surface area contributed by atoms with Crippen molar-refractivity contribution in [3.8, 4) is 11.3 Å². The largest absolute Gasteiger partial charge is 0.465 e. The van der Waals surface area contributed by atoms with Crippen LogP contribution in [0.4, 0.5) is 0 Å². The first-order chi connectivity index (χ1) is 9.97. The average Bonchev–Trinajstić information content (AvgIpc) is 2.79. The van der Waals surface area contributed by atoms with E-state index in [1.807, 2.05) is 32.9 Å². The lowest BCUT2D eigenvalue weighted by molar-refractivity contribution is 0.0600. The highest BCUT2D eigenvalue weighted by atomic mass is 16.5. The lowest BCUT2D eigenvalue weighted by Crippen LogP contribution is -2.05. The van der Waals surface area contributed by atoms with Crippen LogP contribution in [0.1, 0.15) is 33.0 Å². The monoisotopic (exact) mass is 288 g/mol. The van der Waals surface area contributed by atoms with E-state index in [-0.39, 0.29) is 12.6 Å². The van der Waals surface area contributed by atoms with Crippen molar-refractivity contribution in [3.63, 3.8) is 0 Å². The van der Waals surface area contributed by atoms with E-state index in [0.29, 0.717) is 12.0 Å². The number of hydrogen-bond donors (Lipinski definition) is 2. The summed E-state index contributed by atoms with van der Waals surface area (Å²) in [6.45, 7) is 5.84. The van der Waals surface area contributed by atoms with Crippen LogP contribution in [-0.2, 0) is 11.2 Å². The lowest BCUT2D eigenvalue weighted by atomic mass is 9.97. The minimum absolute atomic E-state index is 0.0483. The number of aryl methyl sites for hydroxylation is 3. The smallest absolute Gasteiger partial charge is 0.338 e. The van der Waals surface area contributed by atoms with Crippen molar-refractivity contribution in [1.29, 1.82) is 0 Å². The third kappa shape index (κ3) is 2.97. The Bertz CT molecular complexity index is 674. The molecule has 0 saturated carbocycles. The van der Waals surface area contributed by atoms with E-state index in [1.165, 1.54) is 7.11 Å². The zero-order valence-electron chi connectivity index (χ0n) is 12.8. The molecule has 1 heterocycles. The zero-order chi connectivity index (χ0) is 15.6. The number of rotatable bonds is 4. The lowest BCUT2D eigenvalue weighted by Gasteiger charge is -2.10. The highest BCUT2D eigenvalue weighted by molar-refractivity contribution is 5.93. The van der Waals surface area contributed by atoms with Gasteiger partial charge in [0.25, 0.3) is 0 Å². The fraction of sp³-hybridized carbons (Fsp3) is 0.375. The molecular weight excluding hydrogens is 268 g/mol. The number of nitrogens with zero attached hydrogens (tertiary/aromatic N) is 1. The molecular formula is C16H20N2O3. The maximum Gasteiger partial charge on any atom is 0.338 e. The van der Waals surface area contributed by atoms with E-state index in [2.05, 4.69) is 9.97 Å². The van der Waals surface area contributed by atoms with Crippen LogP contribution in [0.25, 0.3) is 11.3 Å². The molecule has 0 unspecified atom stereocenters. The van der Waals surface area contributed by atoms with Crippen LogP contribution in [0.3, 0.4) is 0 Å². The third-order valence-electron chi connectivity index (χ3n) is 3.53. The second-order valence-corrected chi connectivity index (χ2v) is 5.09. The molecule has 0 spiro atoms. The van der Waals surface area contributed by atoms with Crippen LogP contribution in [0, 0.1) is 20.8 Å². The molecule has 1 aromatic carbocycles. The first kappa shape index (κ1) is 15.3. The van der Waals surface area contributed by atoms with Gasteiger partial charge >= 0.3 is 5.97 Å². The Balaban J connectivity index is 2.55. The fourth-order valence-corrected chi connectivity index (χ4v) is 2.46. The number of aromatic amines is 1. The van der Waals surface area contributed by atoms with Crippen LogP contribution in [0.15, 0.2) is 12.1 Å². The number of carbonyl (C=O) groups excluding carboxylic acids is 1. The van der Waals surface area contributed by atoms with Gasteiger partial charge < -0.3 is 14.8 Å². The number of esters is 1. The van der Waals surface area contributed by atoms with Crippen LogP contribution in [-0.4, -0.2) is 34.8 Å². The summed E-state index contributed by atoms with van der Waals surface area (Å²) >= 11 is 0. The molecule has 5 heteroatoms. The normalized spacial score (nSPS) is 10.7. The third-order valence-corrected chi connectivity index (χ3v) is 3.53. The summed E-state index contributed by atoms with van der Waals surface area (Å²) in [6, 6.07) is 3.80. The van der Waals surface area contributed by atoms with Crippen molar-refractivity contribution >= 4 is 5.97 Å². The number of H-pyrrole nitrogens is 1. The molecule has 0 bridgehead atoms. The van der Waals surface area contributed by atoms with E-state index in [4.69, 9.17) is 9.84 Å². The summed E-state index contributed by atoms with van der Waals surface area (Å²) in [5, 5.41) is 9.01. The predicted molar refractivity (Wildman–Crippen MR) is 80.4 cm³/mol. The van der Waals surface area contributed by atoms with Gasteiger partial charge in [0.1, 0.15) is 5.82 Å². The average molecular weight is 288 g/mol. The Morgan fingerprint density at radius 3 is 2.62 bits per heavy atom. The number of ether oxygens (including phenoxy) is 1. The van der Waals surface area contributed by atoms with Gasteiger partial charge in [-0.05, 0) is 38.0 Å². The van der Waals surface area contributed by atoms with Crippen molar-refractivity contribution in [2.75, 3.05) is 13.7 Å². The number of aromatic nitrogens is 2. The molecule has 21 heavy (non-hydrogen) atoms. The first-order valence-electron chi connectivity index (χ1n) is 6.84. The number of carbonyl (C=O) groups is 1. The molecule has 2 rings (SSSR count). The van der Waals surface area contributed by atoms with E-state index in [9.17, 15) is 4.79 Å². The summed E-state index contributed by atoms with van der Waals surface area (Å²) in [5.41, 5.74) is 5.15. The van der Waals surface area contributed by atoms with Crippen LogP contribution < -0.4 is 0 Å². The fourth-order valence-electron chi connectivity index (χ4n) is 2.46. The van der Waals surface area contributed by atoms with Gasteiger partial charge in [0.2, 0.25) is 0 Å². The molecule has 0 aliphatic rings. The number of aliphatic hydroxyl groups excluding tert-OH is 1. The predicted octanol–water partition coefficient (Wildman–Crippen LogP) is 2.32. The zero-order valence-corrected chi connectivity index (χ0v) is 12.8. The van der Waals surface area contributed by atoms with Gasteiger partial charge in [-0.25, -0.2) is 9.78 Å². The SMILES string of the molecule is COC(=O)c1cc(-c2[nH]c(CCO)nc2C)c(C)cc1C. The van der Waals surface area contributed by atoms with Crippen LogP contribution >= 0.6 is 0 Å². The van der Waals surface area contributed by atoms with Crippen molar-refractivity contribution in [3.05, 3.63) is 40.3 Å². The highest BCUT2D eigenvalue weighted by Gasteiger charge is 2.16. The maximum atomic E-state index is 11.8. The quantitative estimate of drug-likeness (QED) is 0.847. The second kappa shape index (κ2) is 6.10. The Kier molecular flexibility index (Phi) is 4.43. The van der Waals surface area contributed by atoms with E-state index in [0.717, 1.165) is 33.9 Å². The standard InChI is InChI=1S/C16H20N2O3/c1-9-7-10(2)13(16(20)21-4)8-12(9)15-11(3)17-14(18-15)5-6-19/h7-8,19H,5-6H2,1-4H3,(H,17,18). The highest BCUT2D eigenvalue weighted by Crippen LogP contribution is 2.28. The van der Waals surface area contributed by atoms with Gasteiger partial charge in [-0.3, -0.25) is 0 Å². The number of hydrogen-bond acceptors (Lipinski definition) is 4. The molecule has 0 amide bonds. The molecule has 0 saturated heterocycles. The summed E-state index contributed by atoms with van der Waals surface area (Å²) < 4.78 is 4.82. The molecule has 2 N–H and O–H groups in total. The number of aliphatic hydroxyl groups is 1. The summed E-state index contributed by atoms with van der Waals surface area (Å²) in [5.74, 6) is 0.395. The summed E-state index contributed by atoms with van der Waals surface area (Å²) in [7, 11) is 1.38. The van der Waals surface area contributed by atoms with E-state index >= 15 is 0 Å². The number of methoxy groups -OCH3 is 1. The Labute approximate surface area is 124 Å². The van der Waals surface area contributed by atoms with Crippen molar-refractivity contribution in [2.45, 2.75) is 27.2 Å². The first-order valence-corrected chi connectivity index (χ1v) is 6.84. The molecule has 0 fully saturated rings. The topological polar surface area (TPSA) is 75.2 Å². The molecule has 2 aromatic rings. The van der Waals surface area contributed by atoms with E-state index in [1.54, 1.807) is 0 Å². The van der Waals surface area contributed by atoms with Gasteiger partial charge in [-0.1, -0.05) is 6.07 Å². The molecule has 0 atom stereocenters. The van der Waals surface area contributed by atoms with Gasteiger partial charge in [0, 0.05) is 12.0 Å². The minimum atomic E-state index is -0.346. The number of nitrogens with one attached hydrogen (secondary N) is 1. The number of benzene rings is 1. The molecule has 0 aliphatic heterocycles. The van der Waals surface area contributed by atoms with Gasteiger partial charge in [-0.15, -0.1) is 0 Å². The summed E-state index contributed by atoms with van der Waals surface area (Å²) in [4.78, 5) is 19.5. The van der Waals surface area contributed by atoms with Crippen molar-refractivity contribution in [2.24, 2.45) is 0 Å².